The van der Waals surface area contributed by atoms with Crippen molar-refractivity contribution in [3.8, 4) is 0 Å². The fourth-order valence-corrected chi connectivity index (χ4v) is 4.52. The molecule has 0 aromatic heterocycles. The molecule has 0 fully saturated rings. The topological polar surface area (TPSA) is 37.4 Å². The van der Waals surface area contributed by atoms with Crippen molar-refractivity contribution in [1.29, 1.82) is 0 Å². The van der Waals surface area contributed by atoms with Gasteiger partial charge in [0.15, 0.2) is 5.78 Å². The highest BCUT2D eigenvalue weighted by Gasteiger charge is 2.45. The quantitative estimate of drug-likeness (QED) is 0.146. The van der Waals surface area contributed by atoms with E-state index in [0.29, 0.717) is 25.2 Å². The lowest BCUT2D eigenvalue weighted by Crippen LogP contribution is -2.39. The molecule has 2 atom stereocenters. The molecule has 45 heavy (non-hydrogen) atoms. The van der Waals surface area contributed by atoms with Gasteiger partial charge in [-0.3, -0.25) is 9.59 Å². The van der Waals surface area contributed by atoms with E-state index in [1.807, 2.05) is 0 Å². The Labute approximate surface area is 260 Å². The molecule has 250 valence electrons. The zero-order valence-electron chi connectivity index (χ0n) is 22.1. The molecule has 0 bridgehead atoms. The Morgan fingerprint density at radius 2 is 1.36 bits per heavy atom. The Balaban J connectivity index is 2.51. The van der Waals surface area contributed by atoms with Crippen molar-refractivity contribution in [3.63, 3.8) is 0 Å². The van der Waals surface area contributed by atoms with Crippen molar-refractivity contribution in [1.82, 2.24) is 4.90 Å². The van der Waals surface area contributed by atoms with E-state index >= 15 is 4.39 Å². The first kappa shape index (κ1) is 38.5. The van der Waals surface area contributed by atoms with Gasteiger partial charge in [-0.2, -0.15) is 52.7 Å². The summed E-state index contributed by atoms with van der Waals surface area (Å²) in [7, 11) is 0.521. The number of ketones is 1. The summed E-state index contributed by atoms with van der Waals surface area (Å²) in [6.45, 7) is -1.95. The molecule has 3 nitrogen and oxygen atoms in total. The normalized spacial score (nSPS) is 14.7. The van der Waals surface area contributed by atoms with E-state index in [0.717, 1.165) is 0 Å². The van der Waals surface area contributed by atoms with Crippen LogP contribution in [0, 0.1) is 5.92 Å². The number of hydrogen-bond donors (Lipinski definition) is 0. The second-order valence-corrected chi connectivity index (χ2v) is 10.7. The summed E-state index contributed by atoms with van der Waals surface area (Å²) in [6.07, 6.45) is -24.9. The van der Waals surface area contributed by atoms with Crippen LogP contribution in [-0.4, -0.2) is 48.7 Å². The van der Waals surface area contributed by atoms with Crippen LogP contribution in [0.5, 0.6) is 0 Å². The summed E-state index contributed by atoms with van der Waals surface area (Å²) >= 11 is 17.1. The van der Waals surface area contributed by atoms with Crippen molar-refractivity contribution in [3.05, 3.63) is 73.7 Å². The van der Waals surface area contributed by atoms with Crippen molar-refractivity contribution >= 4 is 52.3 Å². The summed E-state index contributed by atoms with van der Waals surface area (Å²) in [5, 5.41) is -1.27. The van der Waals surface area contributed by atoms with E-state index in [4.69, 9.17) is 34.8 Å². The number of amides is 1. The molecule has 2 unspecified atom stereocenters. The minimum atomic E-state index is -5.56. The van der Waals surface area contributed by atoms with Crippen LogP contribution in [0.4, 0.5) is 57.1 Å². The van der Waals surface area contributed by atoms with Gasteiger partial charge in [-0.15, -0.1) is 0 Å². The highest BCUT2D eigenvalue weighted by molar-refractivity contribution is 6.48. The number of nitrogens with zero attached hydrogens (tertiary/aromatic N) is 1. The minimum Gasteiger partial charge on any atom is -0.337 e. The van der Waals surface area contributed by atoms with Gasteiger partial charge in [-0.25, -0.2) is 4.39 Å². The van der Waals surface area contributed by atoms with Crippen LogP contribution in [0.2, 0.25) is 15.1 Å². The maximum absolute atomic E-state index is 15.0. The zero-order valence-corrected chi connectivity index (χ0v) is 24.3. The van der Waals surface area contributed by atoms with Gasteiger partial charge in [-0.1, -0.05) is 46.9 Å². The maximum atomic E-state index is 15.0. The largest absolute Gasteiger partial charge is 0.417 e. The fourth-order valence-electron chi connectivity index (χ4n) is 3.91. The third-order valence-corrected chi connectivity index (χ3v) is 7.29. The van der Waals surface area contributed by atoms with E-state index in [2.05, 4.69) is 0 Å². The van der Waals surface area contributed by atoms with Gasteiger partial charge < -0.3 is 4.90 Å². The van der Waals surface area contributed by atoms with Gasteiger partial charge in [0.1, 0.15) is 18.3 Å². The van der Waals surface area contributed by atoms with Crippen LogP contribution in [0.25, 0.3) is 5.83 Å². The van der Waals surface area contributed by atoms with E-state index in [1.54, 1.807) is 0 Å². The number of Topliss-reactive ketones (excluding diaryl/α,β-unsaturated/α-hetero) is 1. The second-order valence-electron chi connectivity index (χ2n) is 9.53. The van der Waals surface area contributed by atoms with E-state index in [9.17, 15) is 62.3 Å². The highest BCUT2D eigenvalue weighted by Crippen LogP contribution is 2.43. The Morgan fingerprint density at radius 1 is 0.822 bits per heavy atom. The molecule has 1 amide bonds. The molecule has 2 aromatic carbocycles. The summed E-state index contributed by atoms with van der Waals surface area (Å²) in [6, 6.07) is 1.87. The van der Waals surface area contributed by atoms with E-state index < -0.39 is 106 Å². The van der Waals surface area contributed by atoms with Gasteiger partial charge in [0.05, 0.1) is 26.5 Å². The number of halogens is 16. The van der Waals surface area contributed by atoms with Crippen LogP contribution >= 0.6 is 34.8 Å². The third-order valence-electron chi connectivity index (χ3n) is 6.09. The van der Waals surface area contributed by atoms with Crippen LogP contribution in [-0.2, 0) is 11.0 Å². The monoisotopic (exact) mass is 727 g/mol. The highest BCUT2D eigenvalue weighted by atomic mass is 35.5. The minimum absolute atomic E-state index is 0.112. The molecule has 0 N–H and O–H groups in total. The van der Waals surface area contributed by atoms with Crippen LogP contribution in [0.15, 0.2) is 36.4 Å². The van der Waals surface area contributed by atoms with Crippen LogP contribution in [0.1, 0.15) is 45.8 Å². The van der Waals surface area contributed by atoms with Crippen molar-refractivity contribution in [2.24, 2.45) is 5.92 Å². The number of carbonyl (C=O) groups is 2. The first-order valence-corrected chi connectivity index (χ1v) is 13.1. The van der Waals surface area contributed by atoms with Crippen molar-refractivity contribution < 1.29 is 66.7 Å². The SMILES string of the molecule is CN(CC(F)(F)F)C(=O)CC(CC(=O)c1ccc(/C(F)=C/C(c2cc(Cl)c(Cl)c(Cl)c2)C(F)(F)F)cc1C(F)(F)F)C(F)(F)F. The predicted molar refractivity (Wildman–Crippen MR) is 138 cm³/mol. The molecule has 0 aliphatic carbocycles. The average Bonchev–Trinajstić information content (AvgIpc) is 2.86. The lowest BCUT2D eigenvalue weighted by atomic mass is 9.90. The Bertz CT molecular complexity index is 1420. The molecule has 0 aliphatic heterocycles. The van der Waals surface area contributed by atoms with Gasteiger partial charge in [-0.05, 0) is 29.8 Å². The fraction of sp³-hybridized carbons (Fsp3) is 0.385. The van der Waals surface area contributed by atoms with Crippen LogP contribution < -0.4 is 0 Å². The molecular formula is C26H17Cl3F13NO2. The molecule has 0 radical (unpaired) electrons. The first-order chi connectivity index (χ1) is 20.2. The lowest BCUT2D eigenvalue weighted by Gasteiger charge is -2.24. The number of allylic oxidation sites excluding steroid dienone is 1. The summed E-state index contributed by atoms with van der Waals surface area (Å²) in [5.41, 5.74) is -5.41. The number of benzene rings is 2. The second kappa shape index (κ2) is 14.0. The third kappa shape index (κ3) is 10.7. The predicted octanol–water partition coefficient (Wildman–Crippen LogP) is 10.5. The Morgan fingerprint density at radius 3 is 1.80 bits per heavy atom. The number of alkyl halides is 12. The van der Waals surface area contributed by atoms with Gasteiger partial charge in [0, 0.05) is 31.0 Å². The summed E-state index contributed by atoms with van der Waals surface area (Å²) in [4.78, 5) is 24.4. The standard InChI is InChI=1S/C26H17Cl3F13NO2/c1-43(10-23(31,32)33)21(45)8-13(24(34,35)36)7-20(44)14-3-2-11(4-16(14)26(40,41)42)19(30)9-15(25(37,38)39)12-5-17(27)22(29)18(28)6-12/h2-6,9,13,15H,7-8,10H2,1H3/b19-9-. The van der Waals surface area contributed by atoms with Gasteiger partial charge in [0.25, 0.3) is 0 Å². The zero-order chi connectivity index (χ0) is 34.9. The first-order valence-electron chi connectivity index (χ1n) is 11.9. The Kier molecular flexibility index (Phi) is 11.9. The van der Waals surface area contributed by atoms with Crippen molar-refractivity contribution in [2.75, 3.05) is 13.6 Å². The number of rotatable bonds is 9. The molecule has 0 spiro atoms. The average molecular weight is 729 g/mol. The smallest absolute Gasteiger partial charge is 0.337 e. The number of carbonyl (C=O) groups excluding carboxylic acids is 2. The molecule has 0 aliphatic rings. The van der Waals surface area contributed by atoms with Gasteiger partial charge >= 0.3 is 24.7 Å². The molecule has 0 saturated heterocycles. The number of hydrogen-bond acceptors (Lipinski definition) is 2. The van der Waals surface area contributed by atoms with E-state index in [1.165, 1.54) is 0 Å². The van der Waals surface area contributed by atoms with Crippen LogP contribution in [0.3, 0.4) is 0 Å². The van der Waals surface area contributed by atoms with Gasteiger partial charge in [0.2, 0.25) is 5.91 Å². The maximum Gasteiger partial charge on any atom is 0.417 e. The van der Waals surface area contributed by atoms with Crippen molar-refractivity contribution in [2.45, 2.75) is 43.5 Å². The lowest BCUT2D eigenvalue weighted by molar-refractivity contribution is -0.183. The molecule has 2 rings (SSSR count). The molecular weight excluding hydrogens is 712 g/mol. The molecule has 0 heterocycles. The Hall–Kier alpha value is -2.72. The summed E-state index contributed by atoms with van der Waals surface area (Å²) < 4.78 is 176. The van der Waals surface area contributed by atoms with E-state index in [-0.39, 0.29) is 28.1 Å². The molecule has 0 saturated carbocycles. The summed E-state index contributed by atoms with van der Waals surface area (Å²) in [5.74, 6) is -11.3. The molecule has 2 aromatic rings. The molecule has 19 heteroatoms.